The number of halogens is 1. The van der Waals surface area contributed by atoms with Gasteiger partial charge < -0.3 is 14.6 Å². The number of aromatic nitrogens is 1. The second kappa shape index (κ2) is 5.90. The Morgan fingerprint density at radius 1 is 1.42 bits per heavy atom. The van der Waals surface area contributed by atoms with Gasteiger partial charge in [0.1, 0.15) is 18.0 Å². The quantitative estimate of drug-likeness (QED) is 0.893. The monoisotopic (exact) mass is 270 g/mol. The van der Waals surface area contributed by atoms with Crippen molar-refractivity contribution in [2.45, 2.75) is 45.2 Å². The molecule has 0 bridgehead atoms. The van der Waals surface area contributed by atoms with Crippen molar-refractivity contribution in [3.05, 3.63) is 11.8 Å². The average molecular weight is 270 g/mol. The molecular weight excluding hydrogens is 247 g/mol. The molecule has 4 nitrogen and oxygen atoms in total. The van der Waals surface area contributed by atoms with E-state index in [1.165, 1.54) is 0 Å². The number of alkyl halides is 1. The van der Waals surface area contributed by atoms with Gasteiger partial charge in [0.15, 0.2) is 0 Å². The minimum Gasteiger partial charge on any atom is -0.472 e. The van der Waals surface area contributed by atoms with Crippen molar-refractivity contribution >= 4 is 0 Å². The summed E-state index contributed by atoms with van der Waals surface area (Å²) >= 11 is 0. The van der Waals surface area contributed by atoms with Crippen LogP contribution in [0.5, 0.6) is 5.88 Å². The summed E-state index contributed by atoms with van der Waals surface area (Å²) in [5.74, 6) is 1.93. The number of nitrogens with one attached hydrogen (secondary N) is 1. The number of hydrogen-bond acceptors (Lipinski definition) is 4. The Bertz CT molecular complexity index is 400. The van der Waals surface area contributed by atoms with Gasteiger partial charge >= 0.3 is 0 Å². The van der Waals surface area contributed by atoms with Crippen LogP contribution in [-0.4, -0.2) is 30.5 Å². The average Bonchev–Trinajstić information content (AvgIpc) is 2.85. The van der Waals surface area contributed by atoms with Gasteiger partial charge in [-0.1, -0.05) is 20.8 Å². The summed E-state index contributed by atoms with van der Waals surface area (Å²) in [6.07, 6.45) is 0.972. The molecule has 1 aliphatic heterocycles. The second-order valence-corrected chi connectivity index (χ2v) is 5.79. The Labute approximate surface area is 113 Å². The molecule has 0 aromatic carbocycles. The van der Waals surface area contributed by atoms with Gasteiger partial charge in [-0.3, -0.25) is 0 Å². The first-order valence-electron chi connectivity index (χ1n) is 6.99. The van der Waals surface area contributed by atoms with E-state index in [-0.39, 0.29) is 12.5 Å². The molecule has 2 rings (SSSR count). The van der Waals surface area contributed by atoms with Crippen molar-refractivity contribution in [3.8, 4) is 5.88 Å². The molecule has 1 saturated heterocycles. The maximum atomic E-state index is 14.3. The molecule has 1 aliphatic rings. The molecule has 0 radical (unpaired) electrons. The molecule has 1 fully saturated rings. The normalized spacial score (nSPS) is 20.5. The van der Waals surface area contributed by atoms with Gasteiger partial charge in [0.2, 0.25) is 0 Å². The Balaban J connectivity index is 1.89. The van der Waals surface area contributed by atoms with Gasteiger partial charge in [0, 0.05) is 12.0 Å². The van der Waals surface area contributed by atoms with Gasteiger partial charge in [0.25, 0.3) is 5.88 Å². The van der Waals surface area contributed by atoms with Crippen LogP contribution in [-0.2, 0) is 0 Å². The minimum absolute atomic E-state index is 0.0523. The van der Waals surface area contributed by atoms with E-state index in [1.54, 1.807) is 6.07 Å². The van der Waals surface area contributed by atoms with E-state index in [4.69, 9.17) is 9.26 Å². The molecule has 19 heavy (non-hydrogen) atoms. The fraction of sp³-hybridized carbons (Fsp3) is 0.786. The molecule has 1 unspecified atom stereocenters. The van der Waals surface area contributed by atoms with E-state index in [0.29, 0.717) is 37.7 Å². The van der Waals surface area contributed by atoms with Crippen LogP contribution in [0.2, 0.25) is 0 Å². The lowest BCUT2D eigenvalue weighted by atomic mass is 9.95. The predicted octanol–water partition coefficient (Wildman–Crippen LogP) is 2.90. The molecule has 108 valence electrons. The third kappa shape index (κ3) is 3.69. The summed E-state index contributed by atoms with van der Waals surface area (Å²) in [5.41, 5.74) is -1.24. The summed E-state index contributed by atoms with van der Waals surface area (Å²) in [7, 11) is 0. The zero-order valence-electron chi connectivity index (χ0n) is 11.9. The van der Waals surface area contributed by atoms with E-state index >= 15 is 0 Å². The van der Waals surface area contributed by atoms with Gasteiger partial charge in [-0.25, -0.2) is 4.39 Å². The number of nitrogens with zero attached hydrogens (tertiary/aromatic N) is 1. The largest absolute Gasteiger partial charge is 0.472 e. The van der Waals surface area contributed by atoms with E-state index in [0.717, 1.165) is 5.76 Å². The van der Waals surface area contributed by atoms with Crippen molar-refractivity contribution in [1.29, 1.82) is 0 Å². The van der Waals surface area contributed by atoms with Crippen LogP contribution in [0.15, 0.2) is 10.6 Å². The SMILES string of the molecule is CC(C)C(C)c1cc(OCC2(F)CCNCC2)no1. The predicted molar refractivity (Wildman–Crippen MR) is 71.2 cm³/mol. The first-order valence-corrected chi connectivity index (χ1v) is 6.99. The summed E-state index contributed by atoms with van der Waals surface area (Å²) in [5, 5.41) is 7.00. The Morgan fingerprint density at radius 2 is 2.11 bits per heavy atom. The molecule has 0 amide bonds. The number of ether oxygens (including phenoxy) is 1. The number of hydrogen-bond donors (Lipinski definition) is 1. The summed E-state index contributed by atoms with van der Waals surface area (Å²) in [6, 6.07) is 1.77. The van der Waals surface area contributed by atoms with E-state index < -0.39 is 5.67 Å². The Hall–Kier alpha value is -1.10. The molecule has 5 heteroatoms. The standard InChI is InChI=1S/C14H23FN2O2/c1-10(2)11(3)12-8-13(17-19-12)18-9-14(15)4-6-16-7-5-14/h8,10-11,16H,4-7,9H2,1-3H3. The van der Waals surface area contributed by atoms with Crippen LogP contribution in [0.4, 0.5) is 4.39 Å². The van der Waals surface area contributed by atoms with Gasteiger partial charge in [-0.15, -0.1) is 0 Å². The molecule has 0 spiro atoms. The summed E-state index contributed by atoms with van der Waals surface area (Å²) in [6.45, 7) is 7.79. The molecule has 0 aliphatic carbocycles. The highest BCUT2D eigenvalue weighted by Crippen LogP contribution is 2.28. The topological polar surface area (TPSA) is 47.3 Å². The molecule has 2 heterocycles. The van der Waals surface area contributed by atoms with Crippen LogP contribution < -0.4 is 10.1 Å². The van der Waals surface area contributed by atoms with Crippen LogP contribution in [0.1, 0.15) is 45.3 Å². The van der Waals surface area contributed by atoms with E-state index in [2.05, 4.69) is 31.2 Å². The zero-order valence-corrected chi connectivity index (χ0v) is 11.9. The fourth-order valence-corrected chi connectivity index (χ4v) is 2.11. The third-order valence-corrected chi connectivity index (χ3v) is 3.93. The van der Waals surface area contributed by atoms with Gasteiger partial charge in [0.05, 0.1) is 0 Å². The maximum absolute atomic E-state index is 14.3. The van der Waals surface area contributed by atoms with E-state index in [1.807, 2.05) is 0 Å². The molecule has 1 aromatic rings. The van der Waals surface area contributed by atoms with Crippen LogP contribution in [0, 0.1) is 5.92 Å². The van der Waals surface area contributed by atoms with Gasteiger partial charge in [-0.2, -0.15) is 0 Å². The fourth-order valence-electron chi connectivity index (χ4n) is 2.11. The summed E-state index contributed by atoms with van der Waals surface area (Å²) in [4.78, 5) is 0. The van der Waals surface area contributed by atoms with Crippen molar-refractivity contribution < 1.29 is 13.7 Å². The van der Waals surface area contributed by atoms with Gasteiger partial charge in [-0.05, 0) is 37.0 Å². The third-order valence-electron chi connectivity index (χ3n) is 3.93. The number of piperidine rings is 1. The smallest absolute Gasteiger partial charge is 0.254 e. The van der Waals surface area contributed by atoms with Crippen LogP contribution >= 0.6 is 0 Å². The van der Waals surface area contributed by atoms with Crippen molar-refractivity contribution in [3.63, 3.8) is 0 Å². The van der Waals surface area contributed by atoms with Crippen molar-refractivity contribution in [2.75, 3.05) is 19.7 Å². The van der Waals surface area contributed by atoms with Crippen molar-refractivity contribution in [2.24, 2.45) is 5.92 Å². The molecule has 1 atom stereocenters. The van der Waals surface area contributed by atoms with Crippen molar-refractivity contribution in [1.82, 2.24) is 10.5 Å². The maximum Gasteiger partial charge on any atom is 0.254 e. The molecule has 0 saturated carbocycles. The van der Waals surface area contributed by atoms with Crippen LogP contribution in [0.25, 0.3) is 0 Å². The molecule has 1 aromatic heterocycles. The lowest BCUT2D eigenvalue weighted by Gasteiger charge is -2.29. The zero-order chi connectivity index (χ0) is 13.9. The number of rotatable bonds is 5. The van der Waals surface area contributed by atoms with Crippen LogP contribution in [0.3, 0.4) is 0 Å². The highest BCUT2D eigenvalue weighted by atomic mass is 19.1. The lowest BCUT2D eigenvalue weighted by Crippen LogP contribution is -2.42. The first kappa shape index (κ1) is 14.3. The van der Waals surface area contributed by atoms with E-state index in [9.17, 15) is 4.39 Å². The highest BCUT2D eigenvalue weighted by molar-refractivity contribution is 5.14. The second-order valence-electron chi connectivity index (χ2n) is 5.79. The molecule has 1 N–H and O–H groups in total. The lowest BCUT2D eigenvalue weighted by molar-refractivity contribution is 0.0503. The minimum atomic E-state index is -1.24. The highest BCUT2D eigenvalue weighted by Gasteiger charge is 2.33. The first-order chi connectivity index (χ1) is 9.00. The Kier molecular flexibility index (Phi) is 4.45. The molecular formula is C14H23FN2O2. The summed E-state index contributed by atoms with van der Waals surface area (Å²) < 4.78 is 25.0. The Morgan fingerprint density at radius 3 is 2.74 bits per heavy atom.